The number of alkyl carbamates (subject to hydrolysis) is 1. The maximum atomic E-state index is 16.6. The number of nitrogen functional groups attached to an aromatic ring is 1. The fraction of sp³-hybridized carbons (Fsp3) is 0.380. The van der Waals surface area contributed by atoms with Crippen LogP contribution in [0.1, 0.15) is 62.3 Å². The van der Waals surface area contributed by atoms with E-state index >= 15 is 8.96 Å². The van der Waals surface area contributed by atoms with Crippen LogP contribution in [0, 0.1) is 5.92 Å². The van der Waals surface area contributed by atoms with E-state index in [1.807, 2.05) is 48.5 Å². The predicted molar refractivity (Wildman–Crippen MR) is 284 cm³/mol. The number of aromatic amines is 1. The van der Waals surface area contributed by atoms with Crippen LogP contribution in [0.5, 0.6) is 0 Å². The van der Waals surface area contributed by atoms with Gasteiger partial charge in [-0.2, -0.15) is 0 Å². The first-order chi connectivity index (χ1) is 37.9. The van der Waals surface area contributed by atoms with E-state index < -0.39 is 106 Å². The summed E-state index contributed by atoms with van der Waals surface area (Å²) in [5, 5.41) is 8.15. The predicted octanol–water partition coefficient (Wildman–Crippen LogP) is 6.10. The van der Waals surface area contributed by atoms with Gasteiger partial charge < -0.3 is 50.3 Å². The number of imidazole rings is 2. The van der Waals surface area contributed by atoms with Gasteiger partial charge in [0.15, 0.2) is 35.0 Å². The second-order valence-electron chi connectivity index (χ2n) is 19.6. The number of nitrogens with one attached hydrogen (secondary N) is 4. The SMILES string of the molecule is CC(C)[C@H](NC(=O)OCC1c2ccccc2-c2ccccc21)C(=O)N[C@@H](C)C(=O)Nc1ccc(CSP2(=O)OC[C@H]3O[C@@H](n4cnc5c(N)ncnc54)[C@H](F)[C@@H]3OP(=O)(O)OC[C@H]3O[C@@H](n4cnc5c(=O)[nH]cnc54)C[C@@H]32)cc1. The molecule has 0 saturated carbocycles. The van der Waals surface area contributed by atoms with E-state index in [0.717, 1.165) is 40.0 Å². The molecule has 0 radical (unpaired) electrons. The Hall–Kier alpha value is -6.93. The maximum absolute atomic E-state index is 16.6. The number of phosphoric acid groups is 1. The van der Waals surface area contributed by atoms with Crippen LogP contribution in [-0.4, -0.2) is 124 Å². The van der Waals surface area contributed by atoms with Crippen LogP contribution in [0.4, 0.5) is 20.7 Å². The summed E-state index contributed by atoms with van der Waals surface area (Å²) in [5.74, 6) is -1.62. The van der Waals surface area contributed by atoms with Crippen molar-refractivity contribution in [1.29, 1.82) is 0 Å². The average molecular weight is 1140 g/mol. The molecule has 4 aliphatic rings. The van der Waals surface area contributed by atoms with Crippen LogP contribution >= 0.6 is 25.8 Å². The number of alkyl halides is 1. The van der Waals surface area contributed by atoms with Crippen molar-refractivity contribution in [2.75, 3.05) is 30.9 Å². The molecule has 11 rings (SSSR count). The topological polar surface area (TPSA) is 330 Å². The summed E-state index contributed by atoms with van der Waals surface area (Å²) in [4.78, 5) is 87.0. The normalized spacial score (nSPS) is 26.6. The number of hydrogen-bond donors (Lipinski definition) is 6. The van der Waals surface area contributed by atoms with E-state index in [1.54, 1.807) is 38.1 Å². The summed E-state index contributed by atoms with van der Waals surface area (Å²) in [6.45, 7) is -0.304. The maximum Gasteiger partial charge on any atom is 0.472 e. The van der Waals surface area contributed by atoms with Crippen molar-refractivity contribution in [2.45, 2.75) is 93.5 Å². The quantitative estimate of drug-likeness (QED) is 0.0710. The molecule has 3 aromatic carbocycles. The molecule has 4 aromatic heterocycles. The van der Waals surface area contributed by atoms with Crippen molar-refractivity contribution in [3.63, 3.8) is 0 Å². The Kier molecular flexibility index (Phi) is 15.0. The van der Waals surface area contributed by atoms with Crippen molar-refractivity contribution in [2.24, 2.45) is 5.92 Å². The van der Waals surface area contributed by atoms with Gasteiger partial charge in [0.2, 0.25) is 11.8 Å². The molecular weight excluding hydrogens is 1090 g/mol. The van der Waals surface area contributed by atoms with E-state index in [9.17, 15) is 28.6 Å². The molecular formula is C50H53FN12O13P2S. The van der Waals surface area contributed by atoms with Crippen molar-refractivity contribution in [1.82, 2.24) is 49.7 Å². The van der Waals surface area contributed by atoms with Crippen LogP contribution < -0.4 is 27.2 Å². The Morgan fingerprint density at radius 2 is 1.54 bits per heavy atom. The van der Waals surface area contributed by atoms with Gasteiger partial charge in [-0.05, 0) is 52.8 Å². The third-order valence-electron chi connectivity index (χ3n) is 14.2. The number of fused-ring (bicyclic) bond motifs is 7. The summed E-state index contributed by atoms with van der Waals surface area (Å²) in [5.41, 5.74) is 10.1. The number of amides is 3. The van der Waals surface area contributed by atoms with Crippen LogP contribution in [0.25, 0.3) is 33.5 Å². The van der Waals surface area contributed by atoms with Crippen molar-refractivity contribution >= 4 is 77.5 Å². The molecule has 3 saturated heterocycles. The van der Waals surface area contributed by atoms with Crippen LogP contribution in [0.15, 0.2) is 103 Å². The van der Waals surface area contributed by atoms with Crippen molar-refractivity contribution in [3.8, 4) is 11.1 Å². The molecule has 3 aliphatic heterocycles. The number of ether oxygens (including phenoxy) is 3. The number of benzene rings is 3. The van der Waals surface area contributed by atoms with Gasteiger partial charge in [-0.3, -0.25) is 37.1 Å². The Labute approximate surface area is 452 Å². The molecule has 25 nitrogen and oxygen atoms in total. The van der Waals surface area contributed by atoms with E-state index in [2.05, 4.69) is 45.9 Å². The van der Waals surface area contributed by atoms with Gasteiger partial charge in [-0.25, -0.2) is 38.7 Å². The molecule has 1 aliphatic carbocycles. The molecule has 0 bridgehead atoms. The van der Waals surface area contributed by atoms with Gasteiger partial charge in [0, 0.05) is 23.8 Å². The molecule has 29 heteroatoms. The molecule has 2 unspecified atom stereocenters. The lowest BCUT2D eigenvalue weighted by Crippen LogP contribution is -2.53. The number of H-pyrrole nitrogens is 1. The summed E-state index contributed by atoms with van der Waals surface area (Å²) in [6, 6.07) is 20.4. The standard InChI is InChI=1S/C50H53FN12O13P2S/c1-25(2)39(61-50(67)71-17-33-31-10-6-4-8-29(31)30-9-5-7-11-32(30)33)48(66)59-26(3)46(64)60-28-14-12-27(13-15-28)20-79-77(68)36-16-37(62-23-58-41-45(62)55-22-56-47(41)65)74-34(36)18-73-78(69,70)76-42-35(19-72-77)75-49(38(42)51)63-24-57-40-43(52)53-21-54-44(40)63/h4-15,21-26,33-39,42,49H,16-20H2,1-3H3,(H,59,66)(H,60,64)(H,61,67)(H,69,70)(H2,52,53,54)(H,55,56,65)/t26-,34+,35+,36-,37+,38+,39-,42+,49+,77?/m0/s1. The number of carbonyl (C=O) groups is 3. The molecule has 7 heterocycles. The van der Waals surface area contributed by atoms with Gasteiger partial charge in [0.05, 0.1) is 44.0 Å². The van der Waals surface area contributed by atoms with Gasteiger partial charge in [0.25, 0.3) is 12.1 Å². The minimum Gasteiger partial charge on any atom is -0.449 e. The second kappa shape index (κ2) is 22.0. The monoisotopic (exact) mass is 1140 g/mol. The molecule has 3 amide bonds. The number of aromatic nitrogens is 8. The number of halogens is 1. The number of phosphoric ester groups is 1. The van der Waals surface area contributed by atoms with Crippen molar-refractivity contribution < 1.29 is 60.6 Å². The number of carbonyl (C=O) groups excluding carboxylic acids is 3. The Morgan fingerprint density at radius 3 is 2.28 bits per heavy atom. The van der Waals surface area contributed by atoms with Gasteiger partial charge in [-0.1, -0.05) is 85.9 Å². The number of hydrogen-bond acceptors (Lipinski definition) is 19. The number of nitrogens with zero attached hydrogens (tertiary/aromatic N) is 7. The van der Waals surface area contributed by atoms with E-state index in [0.29, 0.717) is 11.3 Å². The number of rotatable bonds is 13. The first kappa shape index (κ1) is 54.0. The average Bonchev–Trinajstić information content (AvgIpc) is 4.32. The second-order valence-corrected chi connectivity index (χ2v) is 25.9. The molecule has 414 valence electrons. The number of anilines is 2. The highest BCUT2D eigenvalue weighted by molar-refractivity contribution is 8.56. The molecule has 7 aromatic rings. The molecule has 7 N–H and O–H groups in total. The van der Waals surface area contributed by atoms with Crippen LogP contribution in [0.3, 0.4) is 0 Å². The lowest BCUT2D eigenvalue weighted by molar-refractivity contribution is -0.128. The van der Waals surface area contributed by atoms with E-state index in [-0.39, 0.29) is 58.8 Å². The Morgan fingerprint density at radius 1 is 0.861 bits per heavy atom. The zero-order valence-corrected chi connectivity index (χ0v) is 45.0. The zero-order valence-electron chi connectivity index (χ0n) is 42.4. The first-order valence-electron chi connectivity index (χ1n) is 25.1. The van der Waals surface area contributed by atoms with Gasteiger partial charge in [0.1, 0.15) is 49.0 Å². The minimum atomic E-state index is -5.10. The third kappa shape index (κ3) is 10.8. The highest BCUT2D eigenvalue weighted by Crippen LogP contribution is 2.69. The zero-order chi connectivity index (χ0) is 55.3. The molecule has 79 heavy (non-hydrogen) atoms. The largest absolute Gasteiger partial charge is 0.472 e. The summed E-state index contributed by atoms with van der Waals surface area (Å²) < 4.78 is 84.0. The van der Waals surface area contributed by atoms with E-state index in [4.69, 9.17) is 33.5 Å². The highest BCUT2D eigenvalue weighted by Gasteiger charge is 2.55. The smallest absolute Gasteiger partial charge is 0.449 e. The summed E-state index contributed by atoms with van der Waals surface area (Å²) in [6.07, 6.45) is -4.98. The molecule has 3 fully saturated rings. The van der Waals surface area contributed by atoms with Crippen LogP contribution in [-0.2, 0) is 52.3 Å². The molecule has 11 atom stereocenters. The lowest BCUT2D eigenvalue weighted by atomic mass is 9.98. The lowest BCUT2D eigenvalue weighted by Gasteiger charge is -2.27. The minimum absolute atomic E-state index is 0.0117. The Balaban J connectivity index is 0.760. The third-order valence-corrected chi connectivity index (χ3v) is 20.5. The van der Waals surface area contributed by atoms with Gasteiger partial charge in [-0.15, -0.1) is 0 Å². The molecule has 0 spiro atoms. The fourth-order valence-electron chi connectivity index (χ4n) is 10.2. The van der Waals surface area contributed by atoms with Crippen LogP contribution in [0.2, 0.25) is 0 Å². The Bertz CT molecular complexity index is 3580. The fourth-order valence-corrected chi connectivity index (χ4v) is 16.1. The van der Waals surface area contributed by atoms with E-state index in [1.165, 1.54) is 35.0 Å². The number of nitrogens with two attached hydrogens (primary N) is 1. The summed E-state index contributed by atoms with van der Waals surface area (Å²) in [7, 11) is -5.10. The summed E-state index contributed by atoms with van der Waals surface area (Å²) >= 11 is 0.922. The first-order valence-corrected chi connectivity index (χ1v) is 29.9. The van der Waals surface area contributed by atoms with Gasteiger partial charge >= 0.3 is 13.9 Å². The highest BCUT2D eigenvalue weighted by atomic mass is 32.7. The van der Waals surface area contributed by atoms with Crippen molar-refractivity contribution in [3.05, 3.63) is 125 Å².